The highest BCUT2D eigenvalue weighted by molar-refractivity contribution is 5.87. The lowest BCUT2D eigenvalue weighted by Gasteiger charge is -2.24. The second-order valence-corrected chi connectivity index (χ2v) is 4.79. The van der Waals surface area contributed by atoms with E-state index in [1.807, 2.05) is 13.8 Å². The van der Waals surface area contributed by atoms with Crippen molar-refractivity contribution in [3.05, 3.63) is 0 Å². The molecule has 1 heterocycles. The first kappa shape index (κ1) is 16.4. The summed E-state index contributed by atoms with van der Waals surface area (Å²) >= 11 is 0. The number of amides is 2. The zero-order valence-electron chi connectivity index (χ0n) is 12.2. The molecule has 2 amide bonds. The molecule has 1 fully saturated rings. The zero-order valence-corrected chi connectivity index (χ0v) is 12.2. The molecular weight excluding hydrogens is 264 g/mol. The summed E-state index contributed by atoms with van der Waals surface area (Å²) in [4.78, 5) is 37.7. The normalized spacial score (nSPS) is 21.6. The summed E-state index contributed by atoms with van der Waals surface area (Å²) in [6.45, 7) is 4.93. The molecule has 0 unspecified atom stereocenters. The molecule has 1 saturated heterocycles. The number of likely N-dealkylation sites (N-methyl/N-ethyl adjacent to an activating group) is 2. The number of carboxylic acid groups (broad SMARTS) is 1. The fourth-order valence-electron chi connectivity index (χ4n) is 2.20. The molecule has 0 saturated carbocycles. The monoisotopic (exact) mass is 286 g/mol. The Labute approximate surface area is 118 Å². The van der Waals surface area contributed by atoms with Gasteiger partial charge in [0.25, 0.3) is 5.91 Å². The summed E-state index contributed by atoms with van der Waals surface area (Å²) in [6.07, 6.45) is -0.982. The van der Waals surface area contributed by atoms with Crippen LogP contribution >= 0.6 is 0 Å². The van der Waals surface area contributed by atoms with Crippen molar-refractivity contribution in [2.24, 2.45) is 0 Å². The van der Waals surface area contributed by atoms with Crippen LogP contribution in [0.5, 0.6) is 0 Å². The summed E-state index contributed by atoms with van der Waals surface area (Å²) in [5, 5.41) is 8.82. The Hall–Kier alpha value is -1.63. The van der Waals surface area contributed by atoms with E-state index in [1.54, 1.807) is 4.90 Å². The van der Waals surface area contributed by atoms with Gasteiger partial charge in [0.15, 0.2) is 6.10 Å². The van der Waals surface area contributed by atoms with E-state index in [0.29, 0.717) is 25.9 Å². The van der Waals surface area contributed by atoms with E-state index in [-0.39, 0.29) is 18.4 Å². The molecule has 2 atom stereocenters. The third kappa shape index (κ3) is 3.93. The van der Waals surface area contributed by atoms with E-state index < -0.39 is 18.2 Å². The van der Waals surface area contributed by atoms with Gasteiger partial charge in [-0.15, -0.1) is 0 Å². The number of carbonyl (C=O) groups excluding carboxylic acids is 2. The van der Waals surface area contributed by atoms with Crippen LogP contribution in [-0.2, 0) is 19.1 Å². The van der Waals surface area contributed by atoms with Gasteiger partial charge in [0, 0.05) is 20.1 Å². The van der Waals surface area contributed by atoms with Crippen LogP contribution < -0.4 is 0 Å². The lowest BCUT2D eigenvalue weighted by Crippen LogP contribution is -2.44. The highest BCUT2D eigenvalue weighted by atomic mass is 16.5. The maximum absolute atomic E-state index is 12.1. The Morgan fingerprint density at radius 2 is 1.70 bits per heavy atom. The lowest BCUT2D eigenvalue weighted by atomic mass is 10.2. The van der Waals surface area contributed by atoms with Gasteiger partial charge in [0.2, 0.25) is 5.91 Å². The second kappa shape index (κ2) is 7.23. The Balaban J connectivity index is 2.51. The molecule has 0 aromatic carbocycles. The van der Waals surface area contributed by atoms with Crippen LogP contribution in [0.2, 0.25) is 0 Å². The van der Waals surface area contributed by atoms with Crippen molar-refractivity contribution in [2.45, 2.75) is 38.9 Å². The highest BCUT2D eigenvalue weighted by Crippen LogP contribution is 2.21. The van der Waals surface area contributed by atoms with Crippen molar-refractivity contribution in [3.63, 3.8) is 0 Å². The minimum Gasteiger partial charge on any atom is -0.479 e. The average molecular weight is 286 g/mol. The molecule has 0 aromatic heterocycles. The van der Waals surface area contributed by atoms with Gasteiger partial charge in [-0.3, -0.25) is 9.59 Å². The molecule has 0 aliphatic carbocycles. The molecule has 1 N–H and O–H groups in total. The van der Waals surface area contributed by atoms with Crippen molar-refractivity contribution in [1.29, 1.82) is 0 Å². The van der Waals surface area contributed by atoms with Crippen LogP contribution in [-0.4, -0.2) is 71.6 Å². The summed E-state index contributed by atoms with van der Waals surface area (Å²) in [6, 6.07) is 0. The number of carbonyl (C=O) groups is 3. The van der Waals surface area contributed by atoms with Gasteiger partial charge in [-0.1, -0.05) is 0 Å². The molecule has 0 aromatic rings. The fraction of sp³-hybridized carbons (Fsp3) is 0.769. The van der Waals surface area contributed by atoms with Gasteiger partial charge in [-0.2, -0.15) is 0 Å². The van der Waals surface area contributed by atoms with Crippen molar-refractivity contribution < 1.29 is 24.2 Å². The Bertz CT molecular complexity index is 381. The highest BCUT2D eigenvalue weighted by Gasteiger charge is 2.36. The van der Waals surface area contributed by atoms with Crippen LogP contribution in [0.1, 0.15) is 26.7 Å². The molecule has 0 radical (unpaired) electrons. The lowest BCUT2D eigenvalue weighted by molar-refractivity contribution is -0.155. The number of aliphatic carboxylic acids is 1. The molecule has 1 aliphatic heterocycles. The van der Waals surface area contributed by atoms with E-state index in [2.05, 4.69) is 0 Å². The molecule has 0 spiro atoms. The number of carboxylic acids is 1. The standard InChI is InChI=1S/C13H22N2O5/c1-4-15(5-2)11(16)8-14(3)12(17)9-6-7-10(20-9)13(18)19/h9-10H,4-8H2,1-3H3,(H,18,19)/t9-,10+/m0/s1. The van der Waals surface area contributed by atoms with Gasteiger partial charge in [-0.05, 0) is 26.7 Å². The van der Waals surface area contributed by atoms with Crippen molar-refractivity contribution in [3.8, 4) is 0 Å². The summed E-state index contributed by atoms with van der Waals surface area (Å²) in [7, 11) is 1.53. The molecule has 7 heteroatoms. The topological polar surface area (TPSA) is 87.2 Å². The van der Waals surface area contributed by atoms with E-state index >= 15 is 0 Å². The molecule has 7 nitrogen and oxygen atoms in total. The van der Waals surface area contributed by atoms with Crippen LogP contribution in [0.15, 0.2) is 0 Å². The quantitative estimate of drug-likeness (QED) is 0.739. The summed E-state index contributed by atoms with van der Waals surface area (Å²) in [5.41, 5.74) is 0. The summed E-state index contributed by atoms with van der Waals surface area (Å²) in [5.74, 6) is -1.52. The van der Waals surface area contributed by atoms with Crippen LogP contribution in [0, 0.1) is 0 Å². The smallest absolute Gasteiger partial charge is 0.332 e. The second-order valence-electron chi connectivity index (χ2n) is 4.79. The Kier molecular flexibility index (Phi) is 5.94. The van der Waals surface area contributed by atoms with Gasteiger partial charge in [-0.25, -0.2) is 4.79 Å². The van der Waals surface area contributed by atoms with E-state index in [4.69, 9.17) is 9.84 Å². The molecule has 20 heavy (non-hydrogen) atoms. The van der Waals surface area contributed by atoms with Crippen LogP contribution in [0.3, 0.4) is 0 Å². The molecular formula is C13H22N2O5. The first-order chi connectivity index (χ1) is 9.40. The van der Waals surface area contributed by atoms with Gasteiger partial charge in [0.1, 0.15) is 6.10 Å². The predicted molar refractivity (Wildman–Crippen MR) is 71.1 cm³/mol. The number of nitrogens with zero attached hydrogens (tertiary/aromatic N) is 2. The third-order valence-corrected chi connectivity index (χ3v) is 3.44. The van der Waals surface area contributed by atoms with Crippen molar-refractivity contribution in [1.82, 2.24) is 9.80 Å². The largest absolute Gasteiger partial charge is 0.479 e. The SMILES string of the molecule is CCN(CC)C(=O)CN(C)C(=O)[C@@H]1CC[C@H](C(=O)O)O1. The predicted octanol–water partition coefficient (Wildman–Crippen LogP) is -0.0546. The molecule has 1 aliphatic rings. The fourth-order valence-corrected chi connectivity index (χ4v) is 2.20. The number of hydrogen-bond donors (Lipinski definition) is 1. The average Bonchev–Trinajstić information content (AvgIpc) is 2.88. The van der Waals surface area contributed by atoms with Gasteiger partial charge in [0.05, 0.1) is 6.54 Å². The van der Waals surface area contributed by atoms with E-state index in [0.717, 1.165) is 0 Å². The number of rotatable bonds is 6. The van der Waals surface area contributed by atoms with Crippen LogP contribution in [0.25, 0.3) is 0 Å². The Morgan fingerprint density at radius 3 is 2.15 bits per heavy atom. The zero-order chi connectivity index (χ0) is 15.3. The van der Waals surface area contributed by atoms with Gasteiger partial charge >= 0.3 is 5.97 Å². The maximum atomic E-state index is 12.1. The van der Waals surface area contributed by atoms with Crippen molar-refractivity contribution >= 4 is 17.8 Å². The van der Waals surface area contributed by atoms with E-state index in [9.17, 15) is 14.4 Å². The minimum atomic E-state index is -1.05. The molecule has 114 valence electrons. The maximum Gasteiger partial charge on any atom is 0.332 e. The molecule has 1 rings (SSSR count). The van der Waals surface area contributed by atoms with Crippen molar-refractivity contribution in [2.75, 3.05) is 26.7 Å². The van der Waals surface area contributed by atoms with Gasteiger partial charge < -0.3 is 19.6 Å². The third-order valence-electron chi connectivity index (χ3n) is 3.44. The molecule has 0 bridgehead atoms. The van der Waals surface area contributed by atoms with Crippen LogP contribution in [0.4, 0.5) is 0 Å². The summed E-state index contributed by atoms with van der Waals surface area (Å²) < 4.78 is 5.18. The number of ether oxygens (including phenoxy) is 1. The Morgan fingerprint density at radius 1 is 1.15 bits per heavy atom. The first-order valence-corrected chi connectivity index (χ1v) is 6.81. The minimum absolute atomic E-state index is 0.0158. The first-order valence-electron chi connectivity index (χ1n) is 6.81. The number of hydrogen-bond acceptors (Lipinski definition) is 4. The van der Waals surface area contributed by atoms with E-state index in [1.165, 1.54) is 11.9 Å².